The van der Waals surface area contributed by atoms with Gasteiger partial charge in [-0.15, -0.1) is 4.72 Å². The van der Waals surface area contributed by atoms with Crippen LogP contribution in [-0.2, 0) is 25.7 Å². The second-order valence-electron chi connectivity index (χ2n) is 9.65. The molecule has 0 radical (unpaired) electrons. The zero-order valence-electron chi connectivity index (χ0n) is 19.7. The van der Waals surface area contributed by atoms with Crippen LogP contribution in [0.15, 0.2) is 18.2 Å². The van der Waals surface area contributed by atoms with Gasteiger partial charge in [0.15, 0.2) is 0 Å². The van der Waals surface area contributed by atoms with Gasteiger partial charge >= 0.3 is 6.03 Å². The van der Waals surface area contributed by atoms with Crippen molar-refractivity contribution in [3.63, 3.8) is 0 Å². The molecule has 2 saturated heterocycles. The molecule has 3 rings (SSSR count). The first-order chi connectivity index (χ1) is 15.9. The number of barbiturate groups is 1. The van der Waals surface area contributed by atoms with Gasteiger partial charge in [-0.2, -0.15) is 0 Å². The Kier molecular flexibility index (Phi) is 8.33. The summed E-state index contributed by atoms with van der Waals surface area (Å²) in [7, 11) is 0. The minimum Gasteiger partial charge on any atom is -0.598 e. The summed E-state index contributed by atoms with van der Waals surface area (Å²) >= 11 is -1.76. The van der Waals surface area contributed by atoms with Crippen LogP contribution < -0.4 is 10.0 Å². The van der Waals surface area contributed by atoms with E-state index in [1.807, 2.05) is 0 Å². The Morgan fingerprint density at radius 3 is 2.53 bits per heavy atom. The molecule has 0 bridgehead atoms. The van der Waals surface area contributed by atoms with Crippen molar-refractivity contribution in [1.82, 2.24) is 14.9 Å². The van der Waals surface area contributed by atoms with Crippen LogP contribution in [-0.4, -0.2) is 57.5 Å². The van der Waals surface area contributed by atoms with E-state index in [0.717, 1.165) is 4.90 Å². The number of carbonyl (C=O) groups excluding carboxylic acids is 3. The summed E-state index contributed by atoms with van der Waals surface area (Å²) in [6.07, 6.45) is -1.72. The molecular formula is C23H31F2N3O5S. The van der Waals surface area contributed by atoms with Crippen molar-refractivity contribution in [1.29, 1.82) is 0 Å². The van der Waals surface area contributed by atoms with Crippen molar-refractivity contribution in [3.8, 4) is 0 Å². The van der Waals surface area contributed by atoms with Gasteiger partial charge in [0, 0.05) is 42.6 Å². The maximum absolute atomic E-state index is 15.8. The number of halogens is 2. The lowest BCUT2D eigenvalue weighted by atomic mass is 9.90. The molecule has 1 aromatic carbocycles. The molecule has 2 fully saturated rings. The maximum Gasteiger partial charge on any atom is 0.331 e. The molecule has 0 spiro atoms. The first-order valence-corrected chi connectivity index (χ1v) is 12.4. The summed E-state index contributed by atoms with van der Waals surface area (Å²) in [6.45, 7) is 7.49. The van der Waals surface area contributed by atoms with Gasteiger partial charge in [0.2, 0.25) is 11.8 Å². The summed E-state index contributed by atoms with van der Waals surface area (Å²) in [5.74, 6) is -3.86. The number of rotatable bonds is 7. The quantitative estimate of drug-likeness (QED) is 0.441. The Morgan fingerprint density at radius 2 is 1.91 bits per heavy atom. The van der Waals surface area contributed by atoms with E-state index >= 15 is 4.39 Å². The van der Waals surface area contributed by atoms with Crippen molar-refractivity contribution in [3.05, 3.63) is 35.1 Å². The van der Waals surface area contributed by atoms with Gasteiger partial charge in [-0.3, -0.25) is 19.8 Å². The van der Waals surface area contributed by atoms with Crippen LogP contribution in [0.2, 0.25) is 0 Å². The van der Waals surface area contributed by atoms with Gasteiger partial charge in [0.25, 0.3) is 0 Å². The number of alkyl halides is 1. The highest BCUT2D eigenvalue weighted by molar-refractivity contribution is 7.90. The maximum atomic E-state index is 15.8. The molecule has 4 atom stereocenters. The molecule has 4 amide bonds. The fraction of sp³-hybridized carbons (Fsp3) is 0.609. The number of imide groups is 2. The fourth-order valence-electron chi connectivity index (χ4n) is 4.02. The highest BCUT2D eigenvalue weighted by atomic mass is 32.2. The van der Waals surface area contributed by atoms with E-state index in [2.05, 4.69) is 10.0 Å². The van der Waals surface area contributed by atoms with Gasteiger partial charge < -0.3 is 9.29 Å². The SMILES string of the molecule is Cc1ccc(F)c(C(N[S+]([O-])C(C)(C)C)C(F)CC2C(=O)NC(=O)N(C3CCOCC3)C2=O)c1. The minimum absolute atomic E-state index is 0.0499. The van der Waals surface area contributed by atoms with Crippen molar-refractivity contribution < 1.29 is 32.5 Å². The number of hydrogen-bond acceptors (Lipinski definition) is 6. The smallest absolute Gasteiger partial charge is 0.331 e. The molecule has 2 aliphatic heterocycles. The second-order valence-corrected chi connectivity index (χ2v) is 11.6. The van der Waals surface area contributed by atoms with E-state index in [1.165, 1.54) is 18.2 Å². The lowest BCUT2D eigenvalue weighted by Gasteiger charge is -2.38. The molecule has 0 aliphatic carbocycles. The summed E-state index contributed by atoms with van der Waals surface area (Å²) in [6, 6.07) is 1.50. The summed E-state index contributed by atoms with van der Waals surface area (Å²) < 4.78 is 50.4. The van der Waals surface area contributed by atoms with Crippen LogP contribution in [0.25, 0.3) is 0 Å². The Bertz CT molecular complexity index is 936. The van der Waals surface area contributed by atoms with Crippen LogP contribution in [0.5, 0.6) is 0 Å². The first kappa shape index (κ1) is 26.5. The van der Waals surface area contributed by atoms with Crippen molar-refractivity contribution in [2.75, 3.05) is 13.2 Å². The third-order valence-corrected chi connectivity index (χ3v) is 7.54. The molecule has 2 aliphatic rings. The Balaban J connectivity index is 1.87. The average Bonchev–Trinajstić information content (AvgIpc) is 2.76. The average molecular weight is 500 g/mol. The first-order valence-electron chi connectivity index (χ1n) is 11.2. The van der Waals surface area contributed by atoms with Gasteiger partial charge in [-0.25, -0.2) is 13.6 Å². The predicted molar refractivity (Wildman–Crippen MR) is 122 cm³/mol. The number of carbonyl (C=O) groups is 3. The molecule has 0 saturated carbocycles. The summed E-state index contributed by atoms with van der Waals surface area (Å²) in [4.78, 5) is 39.0. The van der Waals surface area contributed by atoms with E-state index in [4.69, 9.17) is 4.74 Å². The zero-order valence-corrected chi connectivity index (χ0v) is 20.5. The minimum atomic E-state index is -1.95. The molecular weight excluding hydrogens is 468 g/mol. The van der Waals surface area contributed by atoms with Crippen LogP contribution in [0.3, 0.4) is 0 Å². The number of nitrogens with zero attached hydrogens (tertiary/aromatic N) is 1. The van der Waals surface area contributed by atoms with Gasteiger partial charge in [-0.05, 0) is 46.6 Å². The van der Waals surface area contributed by atoms with E-state index in [0.29, 0.717) is 31.6 Å². The Labute approximate surface area is 201 Å². The van der Waals surface area contributed by atoms with Crippen molar-refractivity contribution in [2.24, 2.45) is 5.92 Å². The number of urea groups is 1. The van der Waals surface area contributed by atoms with Gasteiger partial charge in [0.05, 0.1) is 0 Å². The zero-order chi connectivity index (χ0) is 25.2. The second kappa shape index (κ2) is 10.7. The van der Waals surface area contributed by atoms with E-state index in [1.54, 1.807) is 27.7 Å². The molecule has 2 heterocycles. The Hall–Kier alpha value is -2.08. The predicted octanol–water partition coefficient (Wildman–Crippen LogP) is 2.83. The number of aryl methyl sites for hydroxylation is 1. The topological polar surface area (TPSA) is 111 Å². The number of benzene rings is 1. The monoisotopic (exact) mass is 499 g/mol. The third kappa shape index (κ3) is 5.94. The number of amides is 4. The van der Waals surface area contributed by atoms with Crippen LogP contribution >= 0.6 is 0 Å². The highest BCUT2D eigenvalue weighted by Gasteiger charge is 2.46. The number of ether oxygens (including phenoxy) is 1. The third-order valence-electron chi connectivity index (χ3n) is 5.96. The van der Waals surface area contributed by atoms with Crippen LogP contribution in [0.1, 0.15) is 57.2 Å². The fourth-order valence-corrected chi connectivity index (χ4v) is 4.88. The lowest BCUT2D eigenvalue weighted by Crippen LogP contribution is -2.62. The molecule has 8 nitrogen and oxygen atoms in total. The van der Waals surface area contributed by atoms with E-state index in [-0.39, 0.29) is 5.56 Å². The largest absolute Gasteiger partial charge is 0.598 e. The van der Waals surface area contributed by atoms with Crippen LogP contribution in [0, 0.1) is 18.7 Å². The summed E-state index contributed by atoms with van der Waals surface area (Å²) in [5.41, 5.74) is 0.617. The van der Waals surface area contributed by atoms with Crippen molar-refractivity contribution in [2.45, 2.75) is 70.0 Å². The van der Waals surface area contributed by atoms with Crippen molar-refractivity contribution >= 4 is 29.2 Å². The van der Waals surface area contributed by atoms with E-state index < -0.39 is 70.4 Å². The molecule has 11 heteroatoms. The normalized spacial score (nSPS) is 23.0. The van der Waals surface area contributed by atoms with Crippen LogP contribution in [0.4, 0.5) is 13.6 Å². The standard InChI is InChI=1S/C23H31F2N3O5S/c1-13-5-6-17(24)15(11-13)19(27-34(32)23(2,3)4)18(25)12-16-20(29)26-22(31)28(21(16)30)14-7-9-33-10-8-14/h5-6,11,14,16,18-19,27H,7-10,12H2,1-4H3,(H,26,29,31). The molecule has 34 heavy (non-hydrogen) atoms. The Morgan fingerprint density at radius 1 is 1.26 bits per heavy atom. The molecule has 1 aromatic rings. The van der Waals surface area contributed by atoms with Gasteiger partial charge in [0.1, 0.15) is 28.7 Å². The molecule has 188 valence electrons. The summed E-state index contributed by atoms with van der Waals surface area (Å²) in [5, 5.41) is 2.14. The number of nitrogens with one attached hydrogen (secondary N) is 2. The van der Waals surface area contributed by atoms with Gasteiger partial charge in [-0.1, -0.05) is 17.7 Å². The molecule has 0 aromatic heterocycles. The lowest BCUT2D eigenvalue weighted by molar-refractivity contribution is -0.146. The highest BCUT2D eigenvalue weighted by Crippen LogP contribution is 2.32. The molecule has 2 N–H and O–H groups in total. The number of hydrogen-bond donors (Lipinski definition) is 2. The molecule has 4 unspecified atom stereocenters. The van der Waals surface area contributed by atoms with E-state index in [9.17, 15) is 23.3 Å².